The highest BCUT2D eigenvalue weighted by Gasteiger charge is 2.30. The van der Waals surface area contributed by atoms with E-state index in [1.54, 1.807) is 6.07 Å². The van der Waals surface area contributed by atoms with Gasteiger partial charge in [0.15, 0.2) is 0 Å². The number of hydrogen-bond acceptors (Lipinski definition) is 4. The van der Waals surface area contributed by atoms with Gasteiger partial charge >= 0.3 is 6.18 Å². The van der Waals surface area contributed by atoms with Gasteiger partial charge in [0.1, 0.15) is 15.7 Å². The van der Waals surface area contributed by atoms with Crippen molar-refractivity contribution in [1.29, 1.82) is 0 Å². The van der Waals surface area contributed by atoms with Crippen LogP contribution in [0.4, 0.5) is 23.2 Å². The zero-order valence-corrected chi connectivity index (χ0v) is 14.5. The molecule has 27 heavy (non-hydrogen) atoms. The number of hydrogen-bond donors (Lipinski definition) is 2. The predicted molar refractivity (Wildman–Crippen MR) is 94.5 cm³/mol. The fourth-order valence-corrected chi connectivity index (χ4v) is 3.10. The molecule has 0 saturated heterocycles. The Labute approximate surface area is 155 Å². The average Bonchev–Trinajstić information content (AvgIpc) is 3.12. The summed E-state index contributed by atoms with van der Waals surface area (Å²) in [6.45, 7) is 0.101. The maximum absolute atomic E-state index is 13.4. The molecule has 0 aliphatic heterocycles. The second-order valence-corrected chi connectivity index (χ2v) is 6.67. The van der Waals surface area contributed by atoms with Crippen LogP contribution in [0.1, 0.15) is 20.8 Å². The van der Waals surface area contributed by atoms with Gasteiger partial charge in [-0.3, -0.25) is 4.79 Å². The summed E-state index contributed by atoms with van der Waals surface area (Å²) in [6, 6.07) is 8.78. The van der Waals surface area contributed by atoms with Crippen molar-refractivity contribution >= 4 is 22.9 Å². The molecule has 0 saturated carbocycles. The Balaban J connectivity index is 1.67. The van der Waals surface area contributed by atoms with Crippen LogP contribution < -0.4 is 11.1 Å². The minimum absolute atomic E-state index is 0.0220. The van der Waals surface area contributed by atoms with Crippen molar-refractivity contribution in [3.05, 3.63) is 70.5 Å². The van der Waals surface area contributed by atoms with E-state index in [1.807, 2.05) is 0 Å². The SMILES string of the molecule is Nc1ccc(CNC(=O)c2cnc(-c3ccc(C(F)(F)F)cc3)s2)cc1F. The molecule has 1 amide bonds. The number of rotatable bonds is 4. The van der Waals surface area contributed by atoms with Gasteiger partial charge in [0, 0.05) is 12.1 Å². The Kier molecular flexibility index (Phi) is 5.13. The van der Waals surface area contributed by atoms with Crippen LogP contribution in [0, 0.1) is 5.82 Å². The lowest BCUT2D eigenvalue weighted by Gasteiger charge is -2.06. The van der Waals surface area contributed by atoms with Crippen LogP contribution in [0.5, 0.6) is 0 Å². The smallest absolute Gasteiger partial charge is 0.396 e. The van der Waals surface area contributed by atoms with Crippen LogP contribution in [-0.2, 0) is 12.7 Å². The van der Waals surface area contributed by atoms with Crippen molar-refractivity contribution in [2.45, 2.75) is 12.7 Å². The number of anilines is 1. The third-order valence-corrected chi connectivity index (χ3v) is 4.75. The Hall–Kier alpha value is -2.94. The van der Waals surface area contributed by atoms with E-state index < -0.39 is 23.5 Å². The first-order chi connectivity index (χ1) is 12.7. The number of nitrogen functional groups attached to an aromatic ring is 1. The van der Waals surface area contributed by atoms with Gasteiger partial charge in [-0.15, -0.1) is 11.3 Å². The molecular formula is C18H13F4N3OS. The van der Waals surface area contributed by atoms with Gasteiger partial charge in [-0.25, -0.2) is 9.37 Å². The van der Waals surface area contributed by atoms with E-state index in [-0.39, 0.29) is 12.2 Å². The van der Waals surface area contributed by atoms with Crippen molar-refractivity contribution in [2.24, 2.45) is 0 Å². The molecule has 0 unspecified atom stereocenters. The topological polar surface area (TPSA) is 68.0 Å². The number of nitrogens with one attached hydrogen (secondary N) is 1. The highest BCUT2D eigenvalue weighted by Crippen LogP contribution is 2.32. The Morgan fingerprint density at radius 1 is 1.15 bits per heavy atom. The molecule has 0 fully saturated rings. The third-order valence-electron chi connectivity index (χ3n) is 3.71. The zero-order valence-electron chi connectivity index (χ0n) is 13.7. The van der Waals surface area contributed by atoms with Gasteiger partial charge in [0.25, 0.3) is 5.91 Å². The predicted octanol–water partition coefficient (Wildman–Crippen LogP) is 4.48. The quantitative estimate of drug-likeness (QED) is 0.506. The summed E-state index contributed by atoms with van der Waals surface area (Å²) in [4.78, 5) is 16.6. The van der Waals surface area contributed by atoms with E-state index in [0.29, 0.717) is 21.0 Å². The van der Waals surface area contributed by atoms with E-state index in [0.717, 1.165) is 23.5 Å². The molecule has 0 aliphatic rings. The number of halogens is 4. The molecule has 3 N–H and O–H groups in total. The molecule has 0 atom stereocenters. The number of carbonyl (C=O) groups excluding carboxylic acids is 1. The molecule has 4 nitrogen and oxygen atoms in total. The molecule has 140 valence electrons. The van der Waals surface area contributed by atoms with Gasteiger partial charge in [-0.2, -0.15) is 13.2 Å². The largest absolute Gasteiger partial charge is 0.416 e. The lowest BCUT2D eigenvalue weighted by Crippen LogP contribution is -2.21. The summed E-state index contributed by atoms with van der Waals surface area (Å²) in [6.07, 6.45) is -3.06. The van der Waals surface area contributed by atoms with E-state index in [4.69, 9.17) is 5.73 Å². The second-order valence-electron chi connectivity index (χ2n) is 5.64. The molecule has 3 rings (SSSR count). The number of alkyl halides is 3. The lowest BCUT2D eigenvalue weighted by molar-refractivity contribution is -0.137. The van der Waals surface area contributed by atoms with Gasteiger partial charge in [-0.05, 0) is 29.8 Å². The molecule has 0 bridgehead atoms. The number of aromatic nitrogens is 1. The lowest BCUT2D eigenvalue weighted by atomic mass is 10.1. The van der Waals surface area contributed by atoms with Crippen LogP contribution in [0.15, 0.2) is 48.7 Å². The van der Waals surface area contributed by atoms with E-state index in [9.17, 15) is 22.4 Å². The molecule has 1 aromatic heterocycles. The summed E-state index contributed by atoms with van der Waals surface area (Å²) in [5.74, 6) is -0.980. The van der Waals surface area contributed by atoms with Crippen molar-refractivity contribution in [2.75, 3.05) is 5.73 Å². The second kappa shape index (κ2) is 7.36. The molecule has 2 aromatic carbocycles. The first kappa shape index (κ1) is 18.8. The first-order valence-corrected chi connectivity index (χ1v) is 8.51. The highest BCUT2D eigenvalue weighted by molar-refractivity contribution is 7.16. The van der Waals surface area contributed by atoms with Gasteiger partial charge in [-0.1, -0.05) is 18.2 Å². The Morgan fingerprint density at radius 3 is 2.48 bits per heavy atom. The van der Waals surface area contributed by atoms with Crippen LogP contribution >= 0.6 is 11.3 Å². The van der Waals surface area contributed by atoms with Gasteiger partial charge in [0.05, 0.1) is 17.4 Å². The van der Waals surface area contributed by atoms with E-state index >= 15 is 0 Å². The molecule has 3 aromatic rings. The standard InChI is InChI=1S/C18H13F4N3OS/c19-13-7-10(1-6-14(13)23)8-24-16(26)15-9-25-17(27-15)11-2-4-12(5-3-11)18(20,21)22/h1-7,9H,8,23H2,(H,24,26). The van der Waals surface area contributed by atoms with Gasteiger partial charge < -0.3 is 11.1 Å². The number of carbonyl (C=O) groups is 1. The maximum atomic E-state index is 13.4. The van der Waals surface area contributed by atoms with E-state index in [1.165, 1.54) is 30.5 Å². The third kappa shape index (κ3) is 4.43. The summed E-state index contributed by atoms with van der Waals surface area (Å²) >= 11 is 1.05. The molecule has 9 heteroatoms. The number of nitrogens with zero attached hydrogens (tertiary/aromatic N) is 1. The minimum atomic E-state index is -4.41. The monoisotopic (exact) mass is 395 g/mol. The molecule has 1 heterocycles. The van der Waals surface area contributed by atoms with Crippen LogP contribution in [0.25, 0.3) is 10.6 Å². The van der Waals surface area contributed by atoms with Crippen LogP contribution in [0.2, 0.25) is 0 Å². The number of amides is 1. The molecule has 0 spiro atoms. The summed E-state index contributed by atoms with van der Waals surface area (Å²) in [7, 11) is 0. The zero-order chi connectivity index (χ0) is 19.6. The summed E-state index contributed by atoms with van der Waals surface area (Å²) in [5, 5.41) is 3.05. The van der Waals surface area contributed by atoms with Gasteiger partial charge in [0.2, 0.25) is 0 Å². The number of benzene rings is 2. The minimum Gasteiger partial charge on any atom is -0.396 e. The normalized spacial score (nSPS) is 11.4. The average molecular weight is 395 g/mol. The van der Waals surface area contributed by atoms with Crippen molar-refractivity contribution in [3.63, 3.8) is 0 Å². The summed E-state index contributed by atoms with van der Waals surface area (Å²) in [5.41, 5.74) is 5.69. The van der Waals surface area contributed by atoms with Crippen molar-refractivity contribution < 1.29 is 22.4 Å². The number of thiazole rings is 1. The Morgan fingerprint density at radius 2 is 1.85 bits per heavy atom. The fraction of sp³-hybridized carbons (Fsp3) is 0.111. The van der Waals surface area contributed by atoms with E-state index in [2.05, 4.69) is 10.3 Å². The van der Waals surface area contributed by atoms with Crippen molar-refractivity contribution in [1.82, 2.24) is 10.3 Å². The van der Waals surface area contributed by atoms with Crippen molar-refractivity contribution in [3.8, 4) is 10.6 Å². The van der Waals surface area contributed by atoms with Crippen LogP contribution in [0.3, 0.4) is 0 Å². The van der Waals surface area contributed by atoms with Crippen LogP contribution in [-0.4, -0.2) is 10.9 Å². The molecular weight excluding hydrogens is 382 g/mol. The molecule has 0 aliphatic carbocycles. The maximum Gasteiger partial charge on any atom is 0.416 e. The highest BCUT2D eigenvalue weighted by atomic mass is 32.1. The fourth-order valence-electron chi connectivity index (χ4n) is 2.26. The number of nitrogens with two attached hydrogens (primary N) is 1. The summed E-state index contributed by atoms with van der Waals surface area (Å²) < 4.78 is 51.2. The first-order valence-electron chi connectivity index (χ1n) is 7.69. The Bertz CT molecular complexity index is 967. The molecule has 0 radical (unpaired) electrons.